The van der Waals surface area contributed by atoms with E-state index in [0.29, 0.717) is 67.1 Å². The van der Waals surface area contributed by atoms with Crippen LogP contribution in [0.3, 0.4) is 0 Å². The van der Waals surface area contributed by atoms with Crippen LogP contribution in [-0.4, -0.2) is 4.40 Å². The summed E-state index contributed by atoms with van der Waals surface area (Å²) in [5.41, 5.74) is 9.19. The van der Waals surface area contributed by atoms with E-state index >= 15 is 4.79 Å². The monoisotopic (exact) mass is 915 g/mol. The van der Waals surface area contributed by atoms with Gasteiger partial charge in [-0.1, -0.05) is 96.6 Å². The number of nitrogens with zero attached hydrogens (tertiary/aromatic N) is 1. The molecule has 0 N–H and O–H groups in total. The molecule has 0 amide bonds. The van der Waals surface area contributed by atoms with Crippen molar-refractivity contribution in [1.82, 2.24) is 4.40 Å². The minimum Gasteiger partial charge on any atom is -0.456 e. The van der Waals surface area contributed by atoms with E-state index in [1.165, 1.54) is 0 Å². The molecule has 10 aromatic carbocycles. The zero-order valence-corrected chi connectivity index (χ0v) is 40.6. The van der Waals surface area contributed by atoms with E-state index in [1.54, 1.807) is 10.5 Å². The zero-order valence-electron chi connectivity index (χ0n) is 40.6. The third-order valence-electron chi connectivity index (χ3n) is 14.3. The average molecular weight is 916 g/mol. The Morgan fingerprint density at radius 2 is 0.729 bits per heavy atom. The summed E-state index contributed by atoms with van der Waals surface area (Å²) in [5.74, 6) is 5.09. The van der Waals surface area contributed by atoms with Gasteiger partial charge < -0.3 is 18.9 Å². The lowest BCUT2D eigenvalue weighted by Crippen LogP contribution is -2.19. The number of rotatable bonds is 8. The summed E-state index contributed by atoms with van der Waals surface area (Å²) in [4.78, 5) is 30.1. The number of ether oxygens (including phenoxy) is 4. The number of pyridine rings is 2. The number of hydrogen-bond donors (Lipinski definition) is 0. The Kier molecular flexibility index (Phi) is 9.70. The van der Waals surface area contributed by atoms with Crippen molar-refractivity contribution in [2.24, 2.45) is 0 Å². The van der Waals surface area contributed by atoms with Crippen LogP contribution in [-0.2, 0) is 0 Å². The Hall–Kier alpha value is -8.42. The molecule has 12 rings (SSSR count). The fourth-order valence-corrected chi connectivity index (χ4v) is 10.9. The maximum absolute atomic E-state index is 15.8. The molecule has 2 heterocycles. The Balaban J connectivity index is 1.38. The van der Waals surface area contributed by atoms with Crippen LogP contribution < -0.4 is 29.9 Å². The predicted molar refractivity (Wildman–Crippen MR) is 286 cm³/mol. The number of fused-ring (bicyclic) bond motifs is 6. The first-order chi connectivity index (χ1) is 33.8. The van der Waals surface area contributed by atoms with Crippen molar-refractivity contribution in [3.05, 3.63) is 204 Å². The van der Waals surface area contributed by atoms with Gasteiger partial charge in [0.25, 0.3) is 5.56 Å². The first-order valence-electron chi connectivity index (χ1n) is 23.7. The highest BCUT2D eigenvalue weighted by molar-refractivity contribution is 6.42. The Labute approximate surface area is 404 Å². The van der Waals surface area contributed by atoms with Crippen molar-refractivity contribution in [2.45, 2.75) is 62.3 Å². The first kappa shape index (κ1) is 42.9. The van der Waals surface area contributed by atoms with E-state index in [0.717, 1.165) is 99.3 Å². The van der Waals surface area contributed by atoms with Gasteiger partial charge in [-0.3, -0.25) is 14.0 Å². The molecule has 0 bridgehead atoms. The smallest absolute Gasteiger partial charge is 0.263 e. The normalized spacial score (nSPS) is 11.9. The third kappa shape index (κ3) is 6.41. The minimum atomic E-state index is -0.278. The second-order valence-electron chi connectivity index (χ2n) is 19.2. The van der Waals surface area contributed by atoms with E-state index in [2.05, 4.69) is 64.1 Å². The number of para-hydroxylation sites is 4. The van der Waals surface area contributed by atoms with Gasteiger partial charge in [0, 0.05) is 54.5 Å². The minimum absolute atomic E-state index is 0.179. The van der Waals surface area contributed by atoms with Crippen LogP contribution >= 0.6 is 0 Å². The molecule has 342 valence electrons. The van der Waals surface area contributed by atoms with Gasteiger partial charge in [0.1, 0.15) is 46.0 Å². The standard InChI is InChI=1S/C63H49NO6/c1-32-22-25-45-42(28-32)47(65)31-46-43-29-50(69-61-37(6)18-12-19-38(61)7)56-54-48(67-59-33(2)14-10-15-34(59)3)26-23-41-24-27-49(68-60-35(4)16-11-17-36(60)5)55(52(41)54)57-51(70-62-39(8)20-13-21-40(62)9)30-44(53(43)58(56)57)63(66)64(45)46/h10-31H,1-9H3. The highest BCUT2D eigenvalue weighted by Crippen LogP contribution is 2.56. The molecule has 2 aromatic heterocycles. The number of aromatic nitrogens is 1. The first-order valence-corrected chi connectivity index (χ1v) is 23.7. The van der Waals surface area contributed by atoms with E-state index < -0.39 is 0 Å². The maximum Gasteiger partial charge on any atom is 0.263 e. The summed E-state index contributed by atoms with van der Waals surface area (Å²) in [6, 6.07) is 43.9. The van der Waals surface area contributed by atoms with Crippen LogP contribution in [0.5, 0.6) is 46.0 Å². The van der Waals surface area contributed by atoms with Gasteiger partial charge in [0.2, 0.25) is 0 Å². The van der Waals surface area contributed by atoms with E-state index in [4.69, 9.17) is 18.9 Å². The molecule has 0 saturated carbocycles. The molecule has 7 nitrogen and oxygen atoms in total. The van der Waals surface area contributed by atoms with Gasteiger partial charge in [0.15, 0.2) is 5.43 Å². The fraction of sp³-hybridized carbons (Fsp3) is 0.143. The zero-order chi connectivity index (χ0) is 48.4. The molecule has 70 heavy (non-hydrogen) atoms. The van der Waals surface area contributed by atoms with E-state index in [1.807, 2.05) is 126 Å². The molecule has 0 radical (unpaired) electrons. The fourth-order valence-electron chi connectivity index (χ4n) is 10.9. The molecule has 7 heteroatoms. The highest BCUT2D eigenvalue weighted by atomic mass is 16.5. The average Bonchev–Trinajstić information content (AvgIpc) is 3.33. The van der Waals surface area contributed by atoms with Crippen molar-refractivity contribution in [3.63, 3.8) is 0 Å². The molecular weight excluding hydrogens is 867 g/mol. The summed E-state index contributed by atoms with van der Waals surface area (Å²) < 4.78 is 30.9. The van der Waals surface area contributed by atoms with Crippen molar-refractivity contribution in [1.29, 1.82) is 0 Å². The summed E-state index contributed by atoms with van der Waals surface area (Å²) in [6.07, 6.45) is 0. The second kappa shape index (κ2) is 15.8. The van der Waals surface area contributed by atoms with Gasteiger partial charge in [-0.2, -0.15) is 0 Å². The van der Waals surface area contributed by atoms with Crippen LogP contribution in [0.25, 0.3) is 70.3 Å². The lowest BCUT2D eigenvalue weighted by molar-refractivity contribution is 0.475. The summed E-state index contributed by atoms with van der Waals surface area (Å²) in [5, 5.41) is 7.79. The molecule has 0 fully saturated rings. The molecule has 0 unspecified atom stereocenters. The summed E-state index contributed by atoms with van der Waals surface area (Å²) in [7, 11) is 0. The SMILES string of the molecule is Cc1ccc2c(c1)c(=O)cc1c3cc(Oc4c(C)cccc4C)c4c5c(Oc6c(C)cccc6C)ccc6ccc(Oc7c(C)cccc7C)c(c7c(Oc8c(C)cccc8C)cc(c(=O)n21)c3c74)c65. The quantitative estimate of drug-likeness (QED) is 0.112. The molecule has 0 aliphatic carbocycles. The van der Waals surface area contributed by atoms with Gasteiger partial charge in [0.05, 0.1) is 16.4 Å². The van der Waals surface area contributed by atoms with Crippen LogP contribution in [0, 0.1) is 62.3 Å². The Morgan fingerprint density at radius 1 is 0.329 bits per heavy atom. The maximum atomic E-state index is 15.8. The molecule has 0 aliphatic rings. The summed E-state index contributed by atoms with van der Waals surface area (Å²) >= 11 is 0. The van der Waals surface area contributed by atoms with Gasteiger partial charge in [-0.05, 0) is 149 Å². The molecule has 0 aliphatic heterocycles. The lowest BCUT2D eigenvalue weighted by atomic mass is 9.85. The number of hydrogen-bond acceptors (Lipinski definition) is 6. The predicted octanol–water partition coefficient (Wildman–Crippen LogP) is 16.4. The van der Waals surface area contributed by atoms with Crippen molar-refractivity contribution >= 4 is 70.3 Å². The van der Waals surface area contributed by atoms with Gasteiger partial charge in [-0.15, -0.1) is 0 Å². The number of aryl methyl sites for hydroxylation is 9. The van der Waals surface area contributed by atoms with Gasteiger partial charge >= 0.3 is 0 Å². The molecule has 0 atom stereocenters. The molecule has 12 aromatic rings. The molecule has 0 saturated heterocycles. The van der Waals surface area contributed by atoms with Crippen molar-refractivity contribution in [3.8, 4) is 46.0 Å². The molecular formula is C63H49NO6. The summed E-state index contributed by atoms with van der Waals surface area (Å²) in [6.45, 7) is 18.3. The van der Waals surface area contributed by atoms with Crippen molar-refractivity contribution in [2.75, 3.05) is 0 Å². The van der Waals surface area contributed by atoms with Crippen LogP contribution in [0.1, 0.15) is 50.1 Å². The largest absolute Gasteiger partial charge is 0.456 e. The van der Waals surface area contributed by atoms with Crippen molar-refractivity contribution < 1.29 is 18.9 Å². The van der Waals surface area contributed by atoms with Crippen LogP contribution in [0.15, 0.2) is 143 Å². The highest BCUT2D eigenvalue weighted by Gasteiger charge is 2.30. The third-order valence-corrected chi connectivity index (χ3v) is 14.3. The topological polar surface area (TPSA) is 75.5 Å². The van der Waals surface area contributed by atoms with Crippen LogP contribution in [0.4, 0.5) is 0 Å². The Morgan fingerprint density at radius 3 is 1.17 bits per heavy atom. The van der Waals surface area contributed by atoms with E-state index in [-0.39, 0.29) is 11.0 Å². The lowest BCUT2D eigenvalue weighted by Gasteiger charge is -2.26. The second-order valence-corrected chi connectivity index (χ2v) is 19.2. The van der Waals surface area contributed by atoms with E-state index in [9.17, 15) is 4.79 Å². The Bertz CT molecular complexity index is 4150. The van der Waals surface area contributed by atoms with Crippen LogP contribution in [0.2, 0.25) is 0 Å². The van der Waals surface area contributed by atoms with Gasteiger partial charge in [-0.25, -0.2) is 0 Å². The number of benzene rings is 10. The molecule has 0 spiro atoms.